The minimum absolute atomic E-state index is 0.0664. The maximum Gasteiger partial charge on any atom is 0.270 e. The number of fused-ring (bicyclic) bond motifs is 1. The highest BCUT2D eigenvalue weighted by molar-refractivity contribution is 7.98. The topological polar surface area (TPSA) is 51.0 Å². The predicted octanol–water partition coefficient (Wildman–Crippen LogP) is 2.74. The number of carbonyl (C=O) groups excluding carboxylic acids is 1. The highest BCUT2D eigenvalue weighted by Gasteiger charge is 2.19. The van der Waals surface area contributed by atoms with E-state index in [1.54, 1.807) is 25.2 Å². The summed E-state index contributed by atoms with van der Waals surface area (Å²) in [4.78, 5) is 22.6. The van der Waals surface area contributed by atoms with Gasteiger partial charge in [0.05, 0.1) is 0 Å². The van der Waals surface area contributed by atoms with E-state index in [2.05, 4.69) is 16.5 Å². The van der Waals surface area contributed by atoms with E-state index in [0.717, 1.165) is 23.2 Å². The quantitative estimate of drug-likeness (QED) is 0.642. The maximum absolute atomic E-state index is 12.3. The minimum Gasteiger partial charge on any atom is -0.343 e. The van der Waals surface area contributed by atoms with Crippen LogP contribution >= 0.6 is 11.8 Å². The van der Waals surface area contributed by atoms with Crippen molar-refractivity contribution in [3.05, 3.63) is 24.5 Å². The lowest BCUT2D eigenvalue weighted by Gasteiger charge is -2.14. The van der Waals surface area contributed by atoms with Gasteiger partial charge in [-0.05, 0) is 18.7 Å². The number of carbonyl (C=O) groups is 1. The fraction of sp³-hybridized carbons (Fsp3) is 0.357. The zero-order valence-corrected chi connectivity index (χ0v) is 13.0. The first-order valence-electron chi connectivity index (χ1n) is 6.31. The Labute approximate surface area is 122 Å². The third-order valence-corrected chi connectivity index (χ3v) is 3.61. The van der Waals surface area contributed by atoms with Crippen LogP contribution in [0.2, 0.25) is 0 Å². The molecule has 6 heteroatoms. The first-order valence-corrected chi connectivity index (χ1v) is 7.54. The Morgan fingerprint density at radius 2 is 2.20 bits per heavy atom. The molecule has 2 aromatic heterocycles. The Hall–Kier alpha value is -1.82. The van der Waals surface area contributed by atoms with Crippen molar-refractivity contribution in [2.45, 2.75) is 18.5 Å². The van der Waals surface area contributed by atoms with Crippen molar-refractivity contribution in [1.82, 2.24) is 19.4 Å². The summed E-state index contributed by atoms with van der Waals surface area (Å²) in [7, 11) is 3.47. The van der Waals surface area contributed by atoms with Crippen LogP contribution in [0.25, 0.3) is 16.7 Å². The molecule has 0 aliphatic rings. The Bertz CT molecular complexity index is 675. The van der Waals surface area contributed by atoms with Gasteiger partial charge in [0, 0.05) is 31.4 Å². The summed E-state index contributed by atoms with van der Waals surface area (Å²) in [5.74, 6) is -0.0664. The third kappa shape index (κ3) is 2.43. The molecule has 0 bridgehead atoms. The molecule has 20 heavy (non-hydrogen) atoms. The Balaban J connectivity index is 2.74. The summed E-state index contributed by atoms with van der Waals surface area (Å²) in [6.07, 6.45) is 4.42. The van der Waals surface area contributed by atoms with Gasteiger partial charge in [-0.25, -0.2) is 9.97 Å². The second kappa shape index (κ2) is 5.66. The van der Waals surface area contributed by atoms with Gasteiger partial charge in [-0.2, -0.15) is 0 Å². The molecule has 0 aliphatic carbocycles. The van der Waals surface area contributed by atoms with Gasteiger partial charge in [0.15, 0.2) is 5.16 Å². The summed E-state index contributed by atoms with van der Waals surface area (Å²) >= 11 is 1.48. The van der Waals surface area contributed by atoms with Gasteiger partial charge in [0.2, 0.25) is 0 Å². The Morgan fingerprint density at radius 1 is 1.50 bits per heavy atom. The van der Waals surface area contributed by atoms with Crippen molar-refractivity contribution < 1.29 is 4.79 Å². The highest BCUT2D eigenvalue weighted by atomic mass is 32.2. The van der Waals surface area contributed by atoms with Gasteiger partial charge in [-0.3, -0.25) is 9.36 Å². The number of hydrogen-bond donors (Lipinski definition) is 0. The molecular formula is C14H18N4OS. The van der Waals surface area contributed by atoms with E-state index in [1.165, 1.54) is 11.8 Å². The molecule has 0 unspecified atom stereocenters. The molecular weight excluding hydrogens is 272 g/mol. The van der Waals surface area contributed by atoms with Crippen LogP contribution in [0.3, 0.4) is 0 Å². The molecule has 5 nitrogen and oxygen atoms in total. The maximum atomic E-state index is 12.3. The standard InChI is InChI=1S/C14H18N4OS/c1-6-9(2)18-11(13(19)17(3)4)7-10-8-15-14(20-5)16-12(10)18/h7-8H,2,6H2,1,3-5H3. The van der Waals surface area contributed by atoms with Crippen LogP contribution < -0.4 is 0 Å². The molecule has 0 radical (unpaired) electrons. The molecule has 0 fully saturated rings. The van der Waals surface area contributed by atoms with Crippen LogP contribution in [0, 0.1) is 0 Å². The molecule has 0 atom stereocenters. The summed E-state index contributed by atoms with van der Waals surface area (Å²) in [6.45, 7) is 6.06. The first kappa shape index (κ1) is 14.6. The number of allylic oxidation sites excluding steroid dienone is 1. The number of amides is 1. The van der Waals surface area contributed by atoms with Gasteiger partial charge in [0.25, 0.3) is 5.91 Å². The van der Waals surface area contributed by atoms with E-state index in [4.69, 9.17) is 0 Å². The number of hydrogen-bond acceptors (Lipinski definition) is 4. The van der Waals surface area contributed by atoms with E-state index in [0.29, 0.717) is 10.9 Å². The van der Waals surface area contributed by atoms with Gasteiger partial charge in [0.1, 0.15) is 11.3 Å². The lowest BCUT2D eigenvalue weighted by atomic mass is 10.3. The first-order chi connectivity index (χ1) is 9.49. The van der Waals surface area contributed by atoms with Crippen molar-refractivity contribution in [1.29, 1.82) is 0 Å². The molecule has 2 heterocycles. The molecule has 0 saturated carbocycles. The van der Waals surface area contributed by atoms with E-state index in [1.807, 2.05) is 23.8 Å². The van der Waals surface area contributed by atoms with Crippen molar-refractivity contribution in [3.63, 3.8) is 0 Å². The summed E-state index contributed by atoms with van der Waals surface area (Å²) < 4.78 is 1.83. The van der Waals surface area contributed by atoms with Gasteiger partial charge in [-0.15, -0.1) is 0 Å². The van der Waals surface area contributed by atoms with E-state index in [9.17, 15) is 4.79 Å². The van der Waals surface area contributed by atoms with E-state index < -0.39 is 0 Å². The molecule has 0 aliphatic heterocycles. The molecule has 2 aromatic rings. The Kier molecular flexibility index (Phi) is 4.13. The van der Waals surface area contributed by atoms with Crippen molar-refractivity contribution >= 4 is 34.4 Å². The lowest BCUT2D eigenvalue weighted by molar-refractivity contribution is 0.0820. The van der Waals surface area contributed by atoms with Crippen LogP contribution in [-0.4, -0.2) is 45.7 Å². The number of aromatic nitrogens is 3. The second-order valence-corrected chi connectivity index (χ2v) is 5.39. The molecule has 1 amide bonds. The van der Waals surface area contributed by atoms with Crippen LogP contribution in [0.1, 0.15) is 23.8 Å². The third-order valence-electron chi connectivity index (χ3n) is 3.05. The van der Waals surface area contributed by atoms with E-state index >= 15 is 0 Å². The zero-order chi connectivity index (χ0) is 14.9. The minimum atomic E-state index is -0.0664. The normalized spacial score (nSPS) is 10.8. The number of rotatable bonds is 4. The average molecular weight is 290 g/mol. The highest BCUT2D eigenvalue weighted by Crippen LogP contribution is 2.25. The average Bonchev–Trinajstić information content (AvgIpc) is 2.83. The molecule has 2 rings (SSSR count). The largest absolute Gasteiger partial charge is 0.343 e. The number of nitrogens with zero attached hydrogens (tertiary/aromatic N) is 4. The number of thioether (sulfide) groups is 1. The lowest BCUT2D eigenvalue weighted by Crippen LogP contribution is -2.24. The smallest absolute Gasteiger partial charge is 0.270 e. The molecule has 0 spiro atoms. The van der Waals surface area contributed by atoms with Crippen LogP contribution in [-0.2, 0) is 0 Å². The summed E-state index contributed by atoms with van der Waals surface area (Å²) in [5.41, 5.74) is 2.15. The van der Waals surface area contributed by atoms with Crippen molar-refractivity contribution in [2.75, 3.05) is 20.4 Å². The monoisotopic (exact) mass is 290 g/mol. The van der Waals surface area contributed by atoms with Crippen molar-refractivity contribution in [2.24, 2.45) is 0 Å². The fourth-order valence-electron chi connectivity index (χ4n) is 1.94. The molecule has 0 aromatic carbocycles. The molecule has 0 N–H and O–H groups in total. The van der Waals surface area contributed by atoms with Crippen LogP contribution in [0.15, 0.2) is 24.0 Å². The van der Waals surface area contributed by atoms with Crippen molar-refractivity contribution in [3.8, 4) is 0 Å². The fourth-order valence-corrected chi connectivity index (χ4v) is 2.27. The second-order valence-electron chi connectivity index (χ2n) is 4.62. The molecule has 106 valence electrons. The summed E-state index contributed by atoms with van der Waals surface area (Å²) in [5, 5.41) is 1.53. The van der Waals surface area contributed by atoms with E-state index in [-0.39, 0.29) is 5.91 Å². The van der Waals surface area contributed by atoms with Crippen LogP contribution in [0.4, 0.5) is 0 Å². The Morgan fingerprint density at radius 3 is 2.75 bits per heavy atom. The van der Waals surface area contributed by atoms with Gasteiger partial charge in [-0.1, -0.05) is 25.3 Å². The zero-order valence-electron chi connectivity index (χ0n) is 12.2. The SMILES string of the molecule is C=C(CC)n1c(C(=O)N(C)C)cc2cnc(SC)nc21. The van der Waals surface area contributed by atoms with Gasteiger partial charge < -0.3 is 4.90 Å². The van der Waals surface area contributed by atoms with Crippen LogP contribution in [0.5, 0.6) is 0 Å². The predicted molar refractivity (Wildman–Crippen MR) is 82.9 cm³/mol. The summed E-state index contributed by atoms with van der Waals surface area (Å²) in [6, 6.07) is 1.82. The molecule has 0 saturated heterocycles. The van der Waals surface area contributed by atoms with Gasteiger partial charge >= 0.3 is 0 Å².